The molecule has 0 radical (unpaired) electrons. The van der Waals surface area contributed by atoms with Gasteiger partial charge in [0.1, 0.15) is 10.6 Å². The van der Waals surface area contributed by atoms with Crippen molar-refractivity contribution in [3.8, 4) is 0 Å². The zero-order valence-electron chi connectivity index (χ0n) is 26.5. The van der Waals surface area contributed by atoms with Crippen molar-refractivity contribution in [2.75, 3.05) is 24.3 Å². The second-order valence-electron chi connectivity index (χ2n) is 11.9. The minimum absolute atomic E-state index is 0.222. The van der Waals surface area contributed by atoms with Crippen LogP contribution in [0.2, 0.25) is 0 Å². The van der Waals surface area contributed by atoms with Gasteiger partial charge in [0.15, 0.2) is 0 Å². The van der Waals surface area contributed by atoms with Crippen molar-refractivity contribution >= 4 is 68.4 Å². The number of carbonyl (C=O) groups is 4. The monoisotopic (exact) mass is 659 g/mol. The Hall–Kier alpha value is -4.35. The third-order valence-electron chi connectivity index (χ3n) is 7.38. The number of fused-ring (bicyclic) bond motifs is 2. The summed E-state index contributed by atoms with van der Waals surface area (Å²) >= 11 is 2.65. The van der Waals surface area contributed by atoms with Crippen molar-refractivity contribution in [1.29, 1.82) is 0 Å². The molecule has 240 valence electrons. The van der Waals surface area contributed by atoms with Crippen LogP contribution in [0.3, 0.4) is 0 Å². The number of methoxy groups -OCH3 is 1. The largest absolute Gasteiger partial charge is 0.465 e. The lowest BCUT2D eigenvalue weighted by atomic mass is 10.0. The molecule has 1 aliphatic heterocycles. The minimum atomic E-state index is -0.627. The molecule has 0 fully saturated rings. The molecule has 1 atom stereocenters. The number of hydrogen-bond acceptors (Lipinski definition) is 8. The van der Waals surface area contributed by atoms with Gasteiger partial charge in [-0.15, -0.1) is 23.1 Å². The van der Waals surface area contributed by atoms with Gasteiger partial charge in [0.25, 0.3) is 5.91 Å². The molecule has 5 rings (SSSR count). The van der Waals surface area contributed by atoms with E-state index in [0.29, 0.717) is 41.2 Å². The lowest BCUT2D eigenvalue weighted by Crippen LogP contribution is -2.39. The topological polar surface area (TPSA) is 114 Å². The Morgan fingerprint density at radius 1 is 0.978 bits per heavy atom. The fourth-order valence-corrected chi connectivity index (χ4v) is 7.42. The van der Waals surface area contributed by atoms with Crippen LogP contribution >= 0.6 is 23.1 Å². The van der Waals surface area contributed by atoms with Gasteiger partial charge in [-0.1, -0.05) is 43.3 Å². The van der Waals surface area contributed by atoms with Crippen LogP contribution in [0.1, 0.15) is 65.3 Å². The molecular weight excluding hydrogens is 623 g/mol. The number of benzene rings is 3. The lowest BCUT2D eigenvalue weighted by molar-refractivity contribution is -0.115. The first-order valence-electron chi connectivity index (χ1n) is 15.0. The predicted molar refractivity (Wildman–Crippen MR) is 183 cm³/mol. The van der Waals surface area contributed by atoms with Crippen molar-refractivity contribution in [3.63, 3.8) is 0 Å². The van der Waals surface area contributed by atoms with E-state index in [1.807, 2.05) is 88.4 Å². The van der Waals surface area contributed by atoms with E-state index < -0.39 is 22.9 Å². The second kappa shape index (κ2) is 14.0. The summed E-state index contributed by atoms with van der Waals surface area (Å²) in [4.78, 5) is 55.4. The van der Waals surface area contributed by atoms with Gasteiger partial charge in [0, 0.05) is 27.6 Å². The zero-order chi connectivity index (χ0) is 33.0. The Morgan fingerprint density at radius 3 is 2.46 bits per heavy atom. The summed E-state index contributed by atoms with van der Waals surface area (Å²) < 4.78 is 10.6. The van der Waals surface area contributed by atoms with Crippen molar-refractivity contribution in [3.05, 3.63) is 88.3 Å². The first-order valence-corrected chi connectivity index (χ1v) is 16.7. The number of thioether (sulfide) groups is 1. The number of esters is 1. The Kier molecular flexibility index (Phi) is 10.0. The first-order chi connectivity index (χ1) is 22.0. The average Bonchev–Trinajstić information content (AvgIpc) is 3.39. The van der Waals surface area contributed by atoms with E-state index in [0.717, 1.165) is 26.1 Å². The number of rotatable bonds is 8. The number of anilines is 2. The highest BCUT2D eigenvalue weighted by atomic mass is 32.2. The molecule has 0 saturated heterocycles. The maximum Gasteiger partial charge on any atom is 0.410 e. The highest BCUT2D eigenvalue weighted by Crippen LogP contribution is 2.39. The van der Waals surface area contributed by atoms with Crippen LogP contribution in [-0.2, 0) is 27.2 Å². The molecule has 11 heteroatoms. The Bertz CT molecular complexity index is 1790. The van der Waals surface area contributed by atoms with Crippen molar-refractivity contribution in [1.82, 2.24) is 4.90 Å². The highest BCUT2D eigenvalue weighted by Gasteiger charge is 2.33. The van der Waals surface area contributed by atoms with E-state index >= 15 is 0 Å². The van der Waals surface area contributed by atoms with Gasteiger partial charge < -0.3 is 25.0 Å². The third kappa shape index (κ3) is 7.71. The molecule has 1 aromatic heterocycles. The summed E-state index contributed by atoms with van der Waals surface area (Å²) in [6, 6.07) is 20.8. The molecular formula is C35H37N3O6S2. The molecule has 0 aliphatic carbocycles. The van der Waals surface area contributed by atoms with Gasteiger partial charge in [0.2, 0.25) is 5.91 Å². The first kappa shape index (κ1) is 33.0. The molecule has 2 N–H and O–H groups in total. The summed E-state index contributed by atoms with van der Waals surface area (Å²) in [6.45, 7) is 8.02. The van der Waals surface area contributed by atoms with Gasteiger partial charge in [-0.25, -0.2) is 9.59 Å². The molecule has 1 aliphatic rings. The van der Waals surface area contributed by atoms with Crippen LogP contribution in [0.4, 0.5) is 15.5 Å². The Balaban J connectivity index is 1.28. The van der Waals surface area contributed by atoms with Gasteiger partial charge >= 0.3 is 12.1 Å². The molecule has 0 spiro atoms. The van der Waals surface area contributed by atoms with Crippen LogP contribution in [0.15, 0.2) is 71.6 Å². The number of hydrogen-bond donors (Lipinski definition) is 2. The molecule has 0 saturated carbocycles. The van der Waals surface area contributed by atoms with E-state index in [1.165, 1.54) is 30.2 Å². The second-order valence-corrected chi connectivity index (χ2v) is 14.3. The molecule has 3 amide bonds. The predicted octanol–water partition coefficient (Wildman–Crippen LogP) is 7.74. The maximum absolute atomic E-state index is 13.6. The summed E-state index contributed by atoms with van der Waals surface area (Å²) in [5, 5.41) is 7.91. The van der Waals surface area contributed by atoms with Crippen LogP contribution < -0.4 is 10.6 Å². The quantitative estimate of drug-likeness (QED) is 0.147. The van der Waals surface area contributed by atoms with Crippen LogP contribution in [0, 0.1) is 0 Å². The fraction of sp³-hybridized carbons (Fsp3) is 0.314. The maximum atomic E-state index is 13.6. The normalized spacial score (nSPS) is 13.5. The summed E-state index contributed by atoms with van der Waals surface area (Å²) in [6.07, 6.45) is 0.541. The van der Waals surface area contributed by atoms with Gasteiger partial charge in [-0.2, -0.15) is 0 Å². The van der Waals surface area contributed by atoms with Gasteiger partial charge in [-0.05, 0) is 80.3 Å². The number of nitrogens with zero attached hydrogens (tertiary/aromatic N) is 1. The van der Waals surface area contributed by atoms with E-state index in [4.69, 9.17) is 9.47 Å². The Morgan fingerprint density at radius 2 is 1.74 bits per heavy atom. The van der Waals surface area contributed by atoms with E-state index in [2.05, 4.69) is 10.6 Å². The smallest absolute Gasteiger partial charge is 0.410 e. The zero-order valence-corrected chi connectivity index (χ0v) is 28.1. The summed E-state index contributed by atoms with van der Waals surface area (Å²) in [5.41, 5.74) is 1.65. The van der Waals surface area contributed by atoms with Crippen molar-refractivity contribution in [2.45, 2.75) is 62.8 Å². The molecule has 0 bridgehead atoms. The van der Waals surface area contributed by atoms with Gasteiger partial charge in [0.05, 0.1) is 24.5 Å². The van der Waals surface area contributed by atoms with E-state index in [1.54, 1.807) is 11.0 Å². The van der Waals surface area contributed by atoms with Crippen LogP contribution in [0.25, 0.3) is 10.8 Å². The van der Waals surface area contributed by atoms with E-state index in [-0.39, 0.29) is 18.4 Å². The van der Waals surface area contributed by atoms with Gasteiger partial charge in [-0.3, -0.25) is 9.59 Å². The molecule has 4 aromatic rings. The van der Waals surface area contributed by atoms with Crippen molar-refractivity contribution in [2.24, 2.45) is 0 Å². The Labute approximate surface area is 276 Å². The van der Waals surface area contributed by atoms with Crippen LogP contribution in [-0.4, -0.2) is 53.3 Å². The van der Waals surface area contributed by atoms with Crippen LogP contribution in [0.5, 0.6) is 0 Å². The molecule has 46 heavy (non-hydrogen) atoms. The van der Waals surface area contributed by atoms with E-state index in [9.17, 15) is 19.2 Å². The SMILES string of the molecule is CCC(Sc1cccc(NC(=O)c2ccc3ccccc3c2)c1)C(=O)Nc1sc2c(c1C(=O)OC)CCN(C(=O)OC(C)(C)C)C2. The van der Waals surface area contributed by atoms with Crippen molar-refractivity contribution < 1.29 is 28.7 Å². The summed E-state index contributed by atoms with van der Waals surface area (Å²) in [7, 11) is 1.31. The fourth-order valence-electron chi connectivity index (χ4n) is 5.15. The third-order valence-corrected chi connectivity index (χ3v) is 9.87. The molecule has 2 heterocycles. The minimum Gasteiger partial charge on any atom is -0.465 e. The lowest BCUT2D eigenvalue weighted by Gasteiger charge is -2.30. The standard InChI is InChI=1S/C35H37N3O6S2/c1-6-27(45-25-13-9-12-24(19-25)36-30(39)23-15-14-21-10-7-8-11-22(21)18-23)31(40)37-32-29(33(41)43-5)26-16-17-38(20-28(26)46-32)34(42)44-35(2,3)4/h7-15,18-19,27H,6,16-17,20H2,1-5H3,(H,36,39)(H,37,40). The number of nitrogens with one attached hydrogen (secondary N) is 2. The number of amides is 3. The molecule has 1 unspecified atom stereocenters. The number of carbonyl (C=O) groups excluding carboxylic acids is 4. The number of thiophene rings is 1. The number of ether oxygens (including phenoxy) is 2. The molecule has 3 aromatic carbocycles. The summed E-state index contributed by atoms with van der Waals surface area (Å²) in [5.74, 6) is -1.01. The average molecular weight is 660 g/mol. The molecule has 9 nitrogen and oxygen atoms in total. The highest BCUT2D eigenvalue weighted by molar-refractivity contribution is 8.00.